The molecule has 22 heavy (non-hydrogen) atoms. The SMILES string of the molecule is CC(Oc1ccc(F)cn1)C1CNCC1C1=CCC(Cl)C=C1. The Morgan fingerprint density at radius 1 is 1.41 bits per heavy atom. The van der Waals surface area contributed by atoms with Crippen molar-refractivity contribution in [3.8, 4) is 5.88 Å². The molecule has 2 heterocycles. The van der Waals surface area contributed by atoms with Gasteiger partial charge in [0.15, 0.2) is 0 Å². The summed E-state index contributed by atoms with van der Waals surface area (Å²) in [6.45, 7) is 3.90. The first kappa shape index (κ1) is 15.5. The van der Waals surface area contributed by atoms with Crippen molar-refractivity contribution in [2.75, 3.05) is 13.1 Å². The van der Waals surface area contributed by atoms with Crippen molar-refractivity contribution in [3.63, 3.8) is 0 Å². The summed E-state index contributed by atoms with van der Waals surface area (Å²) in [5.41, 5.74) is 1.33. The number of hydrogen-bond acceptors (Lipinski definition) is 3. The van der Waals surface area contributed by atoms with E-state index in [0.717, 1.165) is 19.5 Å². The van der Waals surface area contributed by atoms with Gasteiger partial charge in [-0.05, 0) is 25.0 Å². The normalized spacial score (nSPS) is 29.2. The van der Waals surface area contributed by atoms with Crippen LogP contribution < -0.4 is 10.1 Å². The van der Waals surface area contributed by atoms with E-state index in [9.17, 15) is 4.39 Å². The summed E-state index contributed by atoms with van der Waals surface area (Å²) in [7, 11) is 0. The van der Waals surface area contributed by atoms with E-state index in [2.05, 4.69) is 28.5 Å². The Kier molecular flexibility index (Phi) is 4.79. The lowest BCUT2D eigenvalue weighted by atomic mass is 9.83. The summed E-state index contributed by atoms with van der Waals surface area (Å²) in [4.78, 5) is 3.97. The third-order valence-corrected chi connectivity index (χ3v) is 4.70. The maximum atomic E-state index is 12.9. The van der Waals surface area contributed by atoms with Crippen LogP contribution in [-0.2, 0) is 0 Å². The van der Waals surface area contributed by atoms with Gasteiger partial charge in [-0.3, -0.25) is 0 Å². The molecule has 0 bridgehead atoms. The Morgan fingerprint density at radius 3 is 2.95 bits per heavy atom. The quantitative estimate of drug-likeness (QED) is 0.864. The zero-order chi connectivity index (χ0) is 15.5. The third kappa shape index (κ3) is 3.50. The second-order valence-electron chi connectivity index (χ2n) is 5.88. The van der Waals surface area contributed by atoms with E-state index in [0.29, 0.717) is 17.7 Å². The van der Waals surface area contributed by atoms with Crippen LogP contribution in [0.2, 0.25) is 0 Å². The summed E-state index contributed by atoms with van der Waals surface area (Å²) < 4.78 is 18.8. The molecular weight excluding hydrogens is 303 g/mol. The van der Waals surface area contributed by atoms with Crippen LogP contribution in [0.25, 0.3) is 0 Å². The second-order valence-corrected chi connectivity index (χ2v) is 6.44. The smallest absolute Gasteiger partial charge is 0.213 e. The van der Waals surface area contributed by atoms with E-state index in [1.165, 1.54) is 17.8 Å². The van der Waals surface area contributed by atoms with Crippen LogP contribution >= 0.6 is 11.6 Å². The predicted molar refractivity (Wildman–Crippen MR) is 85.6 cm³/mol. The number of nitrogens with one attached hydrogen (secondary N) is 1. The summed E-state index contributed by atoms with van der Waals surface area (Å²) >= 11 is 6.10. The van der Waals surface area contributed by atoms with Crippen molar-refractivity contribution in [1.82, 2.24) is 10.3 Å². The summed E-state index contributed by atoms with van der Waals surface area (Å²) in [5.74, 6) is 0.882. The van der Waals surface area contributed by atoms with Crippen LogP contribution in [0.5, 0.6) is 5.88 Å². The summed E-state index contributed by atoms with van der Waals surface area (Å²) in [6, 6.07) is 2.94. The van der Waals surface area contributed by atoms with Crippen LogP contribution in [0.15, 0.2) is 42.1 Å². The van der Waals surface area contributed by atoms with Crippen LogP contribution in [0.4, 0.5) is 4.39 Å². The first-order valence-corrected chi connectivity index (χ1v) is 8.08. The summed E-state index contributed by atoms with van der Waals surface area (Å²) in [6.07, 6.45) is 8.48. The predicted octanol–water partition coefficient (Wildman–Crippen LogP) is 3.32. The van der Waals surface area contributed by atoms with Gasteiger partial charge in [-0.25, -0.2) is 9.37 Å². The van der Waals surface area contributed by atoms with Crippen LogP contribution in [0, 0.1) is 17.7 Å². The average Bonchev–Trinajstić information content (AvgIpc) is 3.00. The zero-order valence-corrected chi connectivity index (χ0v) is 13.3. The van der Waals surface area contributed by atoms with E-state index >= 15 is 0 Å². The lowest BCUT2D eigenvalue weighted by Crippen LogP contribution is -2.31. The fourth-order valence-electron chi connectivity index (χ4n) is 3.15. The van der Waals surface area contributed by atoms with Crippen molar-refractivity contribution in [1.29, 1.82) is 0 Å². The molecule has 3 rings (SSSR count). The average molecular weight is 323 g/mol. The van der Waals surface area contributed by atoms with Gasteiger partial charge in [0.05, 0.1) is 11.6 Å². The van der Waals surface area contributed by atoms with Crippen molar-refractivity contribution >= 4 is 11.6 Å². The topological polar surface area (TPSA) is 34.1 Å². The number of pyridine rings is 1. The fourth-order valence-corrected chi connectivity index (χ4v) is 3.31. The highest BCUT2D eigenvalue weighted by molar-refractivity contribution is 6.22. The lowest BCUT2D eigenvalue weighted by Gasteiger charge is -2.27. The number of allylic oxidation sites excluding steroid dienone is 3. The zero-order valence-electron chi connectivity index (χ0n) is 12.5. The van der Waals surface area contributed by atoms with Gasteiger partial charge in [0, 0.05) is 31.0 Å². The molecule has 4 atom stereocenters. The highest BCUT2D eigenvalue weighted by Gasteiger charge is 2.34. The molecule has 5 heteroatoms. The molecule has 1 fully saturated rings. The highest BCUT2D eigenvalue weighted by atomic mass is 35.5. The van der Waals surface area contributed by atoms with E-state index in [1.54, 1.807) is 6.07 Å². The number of alkyl halides is 1. The van der Waals surface area contributed by atoms with E-state index in [1.807, 2.05) is 6.92 Å². The second kappa shape index (κ2) is 6.80. The first-order chi connectivity index (χ1) is 10.6. The van der Waals surface area contributed by atoms with Gasteiger partial charge in [-0.1, -0.05) is 18.2 Å². The molecule has 0 radical (unpaired) electrons. The number of aromatic nitrogens is 1. The standard InChI is InChI=1S/C17H20ClFN2O/c1-11(22-17-7-6-14(19)8-21-17)15-9-20-10-16(15)12-2-4-13(18)5-3-12/h2-4,6-8,11,13,15-16,20H,5,9-10H2,1H3. The monoisotopic (exact) mass is 322 g/mol. The van der Waals surface area contributed by atoms with Crippen molar-refractivity contribution in [2.45, 2.75) is 24.8 Å². The van der Waals surface area contributed by atoms with E-state index in [4.69, 9.17) is 16.3 Å². The van der Waals surface area contributed by atoms with Crippen molar-refractivity contribution < 1.29 is 9.13 Å². The lowest BCUT2D eigenvalue weighted by molar-refractivity contribution is 0.137. The minimum Gasteiger partial charge on any atom is -0.474 e. The molecule has 1 aromatic heterocycles. The Morgan fingerprint density at radius 2 is 2.27 bits per heavy atom. The largest absolute Gasteiger partial charge is 0.474 e. The number of halogens is 2. The molecule has 2 aliphatic rings. The van der Waals surface area contributed by atoms with Gasteiger partial charge >= 0.3 is 0 Å². The van der Waals surface area contributed by atoms with Gasteiger partial charge in [0.25, 0.3) is 0 Å². The Hall–Kier alpha value is -1.39. The molecule has 3 nitrogen and oxygen atoms in total. The molecule has 1 saturated heterocycles. The fraction of sp³-hybridized carbons (Fsp3) is 0.471. The van der Waals surface area contributed by atoms with Crippen molar-refractivity contribution in [3.05, 3.63) is 47.9 Å². The number of nitrogens with zero attached hydrogens (tertiary/aromatic N) is 1. The van der Waals surface area contributed by atoms with Crippen LogP contribution in [0.3, 0.4) is 0 Å². The maximum Gasteiger partial charge on any atom is 0.213 e. The molecule has 1 aliphatic carbocycles. The molecule has 0 aromatic carbocycles. The third-order valence-electron chi connectivity index (χ3n) is 4.38. The van der Waals surface area contributed by atoms with Crippen LogP contribution in [0.1, 0.15) is 13.3 Å². The van der Waals surface area contributed by atoms with Gasteiger partial charge in [0.2, 0.25) is 5.88 Å². The molecule has 4 unspecified atom stereocenters. The van der Waals surface area contributed by atoms with Gasteiger partial charge < -0.3 is 10.1 Å². The van der Waals surface area contributed by atoms with Crippen molar-refractivity contribution in [2.24, 2.45) is 11.8 Å². The molecule has 0 spiro atoms. The van der Waals surface area contributed by atoms with E-state index < -0.39 is 0 Å². The molecule has 0 amide bonds. The Balaban J connectivity index is 1.67. The van der Waals surface area contributed by atoms with Gasteiger partial charge in [0.1, 0.15) is 11.9 Å². The molecule has 1 N–H and O–H groups in total. The molecule has 118 valence electrons. The van der Waals surface area contributed by atoms with Gasteiger partial charge in [-0.15, -0.1) is 11.6 Å². The first-order valence-electron chi connectivity index (χ1n) is 7.64. The highest BCUT2D eigenvalue weighted by Crippen LogP contribution is 2.32. The Labute approximate surface area is 135 Å². The number of hydrogen-bond donors (Lipinski definition) is 1. The molecule has 1 aromatic rings. The summed E-state index contributed by atoms with van der Waals surface area (Å²) in [5, 5.41) is 3.54. The molecular formula is C17H20ClFN2O. The van der Waals surface area contributed by atoms with Gasteiger partial charge in [-0.2, -0.15) is 0 Å². The minimum atomic E-state index is -0.353. The van der Waals surface area contributed by atoms with Crippen LogP contribution in [-0.4, -0.2) is 29.6 Å². The number of ether oxygens (including phenoxy) is 1. The maximum absolute atomic E-state index is 12.9. The molecule has 1 aliphatic heterocycles. The number of rotatable bonds is 4. The van der Waals surface area contributed by atoms with E-state index in [-0.39, 0.29) is 17.3 Å². The molecule has 0 saturated carbocycles. The minimum absolute atomic E-state index is 0.000913. The Bertz CT molecular complexity index is 573.